The van der Waals surface area contributed by atoms with Crippen molar-refractivity contribution in [1.82, 2.24) is 4.98 Å². The lowest BCUT2D eigenvalue weighted by atomic mass is 10.1. The van der Waals surface area contributed by atoms with E-state index in [1.807, 2.05) is 5.32 Å². The van der Waals surface area contributed by atoms with E-state index in [9.17, 15) is 39.9 Å². The Morgan fingerprint density at radius 2 is 1.76 bits per heavy atom. The molecule has 7 nitrogen and oxygen atoms in total. The van der Waals surface area contributed by atoms with Gasteiger partial charge >= 0.3 is 12.4 Å². The van der Waals surface area contributed by atoms with Crippen LogP contribution < -0.4 is 10.4 Å². The topological polar surface area (TPSA) is 94.6 Å². The van der Waals surface area contributed by atoms with Gasteiger partial charge in [0.2, 0.25) is 0 Å². The quantitative estimate of drug-likeness (QED) is 0.433. The number of aromatic nitrogens is 1. The number of carbonyl (C=O) groups excluding carboxylic acids is 1. The highest BCUT2D eigenvalue weighted by molar-refractivity contribution is 7.74. The van der Waals surface area contributed by atoms with Gasteiger partial charge < -0.3 is 9.87 Å². The average molecular weight is 442 g/mol. The lowest BCUT2D eigenvalue weighted by Gasteiger charge is -2.22. The Hall–Kier alpha value is -2.71. The Kier molecular flexibility index (Phi) is 6.50. The number of rotatable bonds is 5. The van der Waals surface area contributed by atoms with Crippen LogP contribution in [-0.4, -0.2) is 26.7 Å². The van der Waals surface area contributed by atoms with E-state index in [1.165, 1.54) is 0 Å². The van der Waals surface area contributed by atoms with Crippen LogP contribution in [0.25, 0.3) is 0 Å². The van der Waals surface area contributed by atoms with Crippen molar-refractivity contribution in [3.8, 4) is 0 Å². The first-order valence-electron chi connectivity index (χ1n) is 7.36. The van der Waals surface area contributed by atoms with Crippen LogP contribution >= 0.6 is 0 Å². The number of benzene rings is 1. The first-order chi connectivity index (χ1) is 13.3. The Morgan fingerprint density at radius 1 is 1.14 bits per heavy atom. The second-order valence-electron chi connectivity index (χ2n) is 5.40. The Labute approximate surface area is 161 Å². The van der Waals surface area contributed by atoms with E-state index in [-0.39, 0.29) is 0 Å². The fraction of sp³-hybridized carbons (Fsp3) is 0.200. The zero-order valence-electron chi connectivity index (χ0n) is 14.2. The number of alkyl halides is 6. The van der Waals surface area contributed by atoms with Crippen LogP contribution in [0.4, 0.5) is 37.8 Å². The summed E-state index contributed by atoms with van der Waals surface area (Å²) in [6.45, 7) is 0. The molecule has 1 amide bonds. The van der Waals surface area contributed by atoms with Crippen molar-refractivity contribution in [3.63, 3.8) is 0 Å². The summed E-state index contributed by atoms with van der Waals surface area (Å²) in [5.74, 6) is -1.72. The maximum absolute atomic E-state index is 12.9. The fourth-order valence-corrected chi connectivity index (χ4v) is 2.37. The SMILES string of the molecule is CN(OS(=O)[O-])c1ncc(C(F)(F)F)cc1NC(=O)c1cccc(C(F)(F)F)c1. The van der Waals surface area contributed by atoms with E-state index in [0.717, 1.165) is 19.2 Å². The van der Waals surface area contributed by atoms with Crippen LogP contribution in [0.1, 0.15) is 21.5 Å². The van der Waals surface area contributed by atoms with Crippen molar-refractivity contribution in [2.24, 2.45) is 0 Å². The maximum Gasteiger partial charge on any atom is 0.417 e. The van der Waals surface area contributed by atoms with Gasteiger partial charge in [-0.15, -0.1) is 0 Å². The van der Waals surface area contributed by atoms with Gasteiger partial charge in [0.15, 0.2) is 5.82 Å². The smallest absolute Gasteiger partial charge is 0.417 e. The van der Waals surface area contributed by atoms with Crippen molar-refractivity contribution >= 4 is 28.8 Å². The van der Waals surface area contributed by atoms with Gasteiger partial charge in [0.1, 0.15) is 11.4 Å². The second-order valence-corrected chi connectivity index (χ2v) is 5.96. The van der Waals surface area contributed by atoms with Crippen LogP contribution in [0.2, 0.25) is 0 Å². The molecule has 14 heteroatoms. The number of nitrogens with zero attached hydrogens (tertiary/aromatic N) is 2. The molecule has 1 N–H and O–H groups in total. The van der Waals surface area contributed by atoms with Crippen molar-refractivity contribution < 1.29 is 44.2 Å². The van der Waals surface area contributed by atoms with Gasteiger partial charge in [-0.25, -0.2) is 14.3 Å². The highest BCUT2D eigenvalue weighted by Gasteiger charge is 2.33. The van der Waals surface area contributed by atoms with Crippen molar-refractivity contribution in [2.75, 3.05) is 17.4 Å². The number of amides is 1. The number of hydrogen-bond acceptors (Lipinski definition) is 6. The normalized spacial score (nSPS) is 13.1. The molecule has 0 aliphatic carbocycles. The molecule has 0 saturated carbocycles. The van der Waals surface area contributed by atoms with Gasteiger partial charge in [-0.3, -0.25) is 4.79 Å². The molecule has 2 rings (SSSR count). The van der Waals surface area contributed by atoms with Crippen LogP contribution in [0.5, 0.6) is 0 Å². The van der Waals surface area contributed by atoms with Crippen LogP contribution in [0, 0.1) is 0 Å². The summed E-state index contributed by atoms with van der Waals surface area (Å²) >= 11 is -3.11. The van der Waals surface area contributed by atoms with E-state index in [1.54, 1.807) is 0 Å². The first kappa shape index (κ1) is 22.6. The van der Waals surface area contributed by atoms with E-state index >= 15 is 0 Å². The molecule has 1 atom stereocenters. The molecule has 0 bridgehead atoms. The minimum absolute atomic E-state index is 0.364. The Morgan fingerprint density at radius 3 is 2.31 bits per heavy atom. The van der Waals surface area contributed by atoms with E-state index in [4.69, 9.17) is 0 Å². The summed E-state index contributed by atoms with van der Waals surface area (Å²) in [6.07, 6.45) is -9.24. The predicted octanol–water partition coefficient (Wildman–Crippen LogP) is 3.53. The molecule has 0 aliphatic rings. The highest BCUT2D eigenvalue weighted by atomic mass is 32.2. The molecule has 1 unspecified atom stereocenters. The molecule has 1 heterocycles. The third-order valence-electron chi connectivity index (χ3n) is 3.37. The van der Waals surface area contributed by atoms with Crippen molar-refractivity contribution in [1.29, 1.82) is 0 Å². The van der Waals surface area contributed by atoms with Crippen molar-refractivity contribution in [3.05, 3.63) is 53.2 Å². The third kappa shape index (κ3) is 5.88. The minimum atomic E-state index is -4.86. The summed E-state index contributed by atoms with van der Waals surface area (Å²) in [7, 11) is 0.978. The lowest BCUT2D eigenvalue weighted by Crippen LogP contribution is -2.24. The van der Waals surface area contributed by atoms with Crippen LogP contribution in [0.15, 0.2) is 36.5 Å². The molecular formula is C15H10F6N3O4S-. The lowest BCUT2D eigenvalue weighted by molar-refractivity contribution is -0.138. The van der Waals surface area contributed by atoms with Gasteiger partial charge in [-0.1, -0.05) is 6.07 Å². The van der Waals surface area contributed by atoms with Gasteiger partial charge in [0, 0.05) is 18.8 Å². The molecule has 0 spiro atoms. The zero-order chi connectivity index (χ0) is 22.0. The standard InChI is InChI=1S/C15H11F6N3O4S/c1-24(28-29(26)27)12-11(6-10(7-22-12)15(19,20)21)23-13(25)8-3-2-4-9(5-8)14(16,17)18/h2-7H,1H3,(H,23,25)(H,26,27)/p-1. The molecule has 29 heavy (non-hydrogen) atoms. The molecule has 1 aromatic carbocycles. The summed E-state index contributed by atoms with van der Waals surface area (Å²) in [4.78, 5) is 15.7. The van der Waals surface area contributed by atoms with Crippen LogP contribution in [0.3, 0.4) is 0 Å². The van der Waals surface area contributed by atoms with E-state index in [2.05, 4.69) is 9.27 Å². The van der Waals surface area contributed by atoms with Gasteiger partial charge in [0.25, 0.3) is 5.91 Å². The van der Waals surface area contributed by atoms with Gasteiger partial charge in [0.05, 0.1) is 16.8 Å². The number of halogens is 6. The molecule has 1 aromatic heterocycles. The van der Waals surface area contributed by atoms with Crippen LogP contribution in [-0.2, 0) is 28.0 Å². The molecule has 0 radical (unpaired) electrons. The minimum Gasteiger partial charge on any atom is -0.748 e. The number of carbonyl (C=O) groups is 1. The van der Waals surface area contributed by atoms with Gasteiger partial charge in [-0.05, 0) is 24.3 Å². The first-order valence-corrected chi connectivity index (χ1v) is 8.36. The number of hydroxylamine groups is 1. The number of pyridine rings is 1. The molecule has 0 fully saturated rings. The zero-order valence-corrected chi connectivity index (χ0v) is 15.0. The molecule has 2 aromatic rings. The largest absolute Gasteiger partial charge is 0.748 e. The molecule has 158 valence electrons. The average Bonchev–Trinajstić information content (AvgIpc) is 2.59. The molecule has 0 aliphatic heterocycles. The molecule has 0 saturated heterocycles. The second kappa shape index (κ2) is 8.34. The van der Waals surface area contributed by atoms with E-state index < -0.39 is 57.8 Å². The van der Waals surface area contributed by atoms with Crippen molar-refractivity contribution in [2.45, 2.75) is 12.4 Å². The summed E-state index contributed by atoms with van der Waals surface area (Å²) < 4.78 is 103. The number of hydrogen-bond donors (Lipinski definition) is 1. The Bertz CT molecular complexity index is 935. The summed E-state index contributed by atoms with van der Waals surface area (Å²) in [5.41, 5.74) is -3.58. The molecular weight excluding hydrogens is 432 g/mol. The predicted molar refractivity (Wildman–Crippen MR) is 87.0 cm³/mol. The highest BCUT2D eigenvalue weighted by Crippen LogP contribution is 2.34. The number of anilines is 2. The monoisotopic (exact) mass is 442 g/mol. The third-order valence-corrected chi connectivity index (χ3v) is 3.71. The fourth-order valence-electron chi connectivity index (χ4n) is 2.11. The Balaban J connectivity index is 2.43. The number of nitrogens with one attached hydrogen (secondary N) is 1. The van der Waals surface area contributed by atoms with E-state index in [0.29, 0.717) is 29.5 Å². The summed E-state index contributed by atoms with van der Waals surface area (Å²) in [6, 6.07) is 3.60. The maximum atomic E-state index is 12.9. The summed E-state index contributed by atoms with van der Waals surface area (Å²) in [5, 5.41) is 2.43. The van der Waals surface area contributed by atoms with Gasteiger partial charge in [-0.2, -0.15) is 30.6 Å².